The van der Waals surface area contributed by atoms with Crippen molar-refractivity contribution in [2.45, 2.75) is 19.4 Å². The first-order valence-electron chi connectivity index (χ1n) is 5.16. The van der Waals surface area contributed by atoms with Crippen LogP contribution >= 0.6 is 11.3 Å². The van der Waals surface area contributed by atoms with Gasteiger partial charge < -0.3 is 10.0 Å². The predicted molar refractivity (Wildman–Crippen MR) is 60.9 cm³/mol. The van der Waals surface area contributed by atoms with Crippen LogP contribution in [0.15, 0.2) is 12.1 Å². The molecule has 1 aromatic heterocycles. The summed E-state index contributed by atoms with van der Waals surface area (Å²) in [6.45, 7) is 2.47. The highest BCUT2D eigenvalue weighted by Gasteiger charge is 2.26. The van der Waals surface area contributed by atoms with Gasteiger partial charge in [0.2, 0.25) is 0 Å². The van der Waals surface area contributed by atoms with Crippen LogP contribution in [-0.2, 0) is 0 Å². The van der Waals surface area contributed by atoms with Crippen molar-refractivity contribution in [2.75, 3.05) is 13.1 Å². The first-order valence-corrected chi connectivity index (χ1v) is 5.97. The molecule has 0 aromatic carbocycles. The molecule has 5 heteroatoms. The quantitative estimate of drug-likeness (QED) is 0.788. The first kappa shape index (κ1) is 11.3. The lowest BCUT2D eigenvalue weighted by Gasteiger charge is -2.13. The molecule has 0 saturated carbocycles. The number of nitrogens with zero attached hydrogens (tertiary/aromatic N) is 1. The number of aliphatic hydroxyl groups is 1. The lowest BCUT2D eigenvalue weighted by molar-refractivity contribution is 0.0769. The second kappa shape index (κ2) is 4.35. The lowest BCUT2D eigenvalue weighted by atomic mass is 10.3. The SMILES string of the molecule is CC(=O)c1ccc(C(=O)N2CC[C@@H](O)C2)s1. The number of ketones is 1. The van der Waals surface area contributed by atoms with Gasteiger partial charge in [0.25, 0.3) is 5.91 Å². The Balaban J connectivity index is 2.11. The van der Waals surface area contributed by atoms with Gasteiger partial charge in [-0.3, -0.25) is 9.59 Å². The molecule has 0 aliphatic carbocycles. The average Bonchev–Trinajstić information content (AvgIpc) is 2.84. The number of amides is 1. The Morgan fingerprint density at radius 1 is 1.44 bits per heavy atom. The highest BCUT2D eigenvalue weighted by Crippen LogP contribution is 2.21. The number of rotatable bonds is 2. The number of β-amino-alcohol motifs (C(OH)–C–C–N with tert-alkyl or cyclic N) is 1. The molecule has 0 spiro atoms. The van der Waals surface area contributed by atoms with Crippen molar-refractivity contribution in [1.29, 1.82) is 0 Å². The van der Waals surface area contributed by atoms with Gasteiger partial charge in [-0.05, 0) is 25.5 Å². The van der Waals surface area contributed by atoms with E-state index >= 15 is 0 Å². The van der Waals surface area contributed by atoms with Crippen molar-refractivity contribution < 1.29 is 14.7 Å². The molecule has 4 nitrogen and oxygen atoms in total. The van der Waals surface area contributed by atoms with E-state index in [1.807, 2.05) is 0 Å². The second-order valence-corrected chi connectivity index (χ2v) is 5.00. The molecule has 1 atom stereocenters. The lowest BCUT2D eigenvalue weighted by Crippen LogP contribution is -2.28. The Labute approximate surface area is 97.5 Å². The minimum Gasteiger partial charge on any atom is -0.391 e. The molecule has 1 aromatic rings. The normalized spacial score (nSPS) is 20.1. The summed E-state index contributed by atoms with van der Waals surface area (Å²) >= 11 is 1.21. The standard InChI is InChI=1S/C11H13NO3S/c1-7(13)9-2-3-10(16-9)11(15)12-5-4-8(14)6-12/h2-3,8,14H,4-6H2,1H3/t8-/m1/s1. The maximum absolute atomic E-state index is 11.9. The van der Waals surface area contributed by atoms with E-state index in [9.17, 15) is 14.7 Å². The van der Waals surface area contributed by atoms with Crippen LogP contribution in [0.3, 0.4) is 0 Å². The van der Waals surface area contributed by atoms with Gasteiger partial charge >= 0.3 is 0 Å². The fourth-order valence-corrected chi connectivity index (χ4v) is 2.59. The molecule has 1 N–H and O–H groups in total. The molecule has 1 fully saturated rings. The zero-order chi connectivity index (χ0) is 11.7. The zero-order valence-electron chi connectivity index (χ0n) is 8.97. The summed E-state index contributed by atoms with van der Waals surface area (Å²) < 4.78 is 0. The largest absolute Gasteiger partial charge is 0.391 e. The molecule has 1 amide bonds. The van der Waals surface area contributed by atoms with Gasteiger partial charge in [0.05, 0.1) is 15.9 Å². The van der Waals surface area contributed by atoms with E-state index in [0.717, 1.165) is 0 Å². The molecule has 16 heavy (non-hydrogen) atoms. The Hall–Kier alpha value is -1.20. The number of Topliss-reactive ketones (excluding diaryl/α,β-unsaturated/α-hetero) is 1. The molecule has 1 saturated heterocycles. The van der Waals surface area contributed by atoms with E-state index in [-0.39, 0.29) is 11.7 Å². The van der Waals surface area contributed by atoms with E-state index in [0.29, 0.717) is 29.3 Å². The topological polar surface area (TPSA) is 57.6 Å². The summed E-state index contributed by atoms with van der Waals surface area (Å²) in [6.07, 6.45) is 0.229. The van der Waals surface area contributed by atoms with Crippen LogP contribution in [0.5, 0.6) is 0 Å². The number of hydrogen-bond acceptors (Lipinski definition) is 4. The Morgan fingerprint density at radius 3 is 2.62 bits per heavy atom. The van der Waals surface area contributed by atoms with Crippen molar-refractivity contribution in [2.24, 2.45) is 0 Å². The molecule has 1 aliphatic rings. The molecule has 0 radical (unpaired) electrons. The summed E-state index contributed by atoms with van der Waals surface area (Å²) in [7, 11) is 0. The van der Waals surface area contributed by atoms with E-state index < -0.39 is 6.10 Å². The van der Waals surface area contributed by atoms with Crippen LogP contribution in [0.25, 0.3) is 0 Å². The molecular formula is C11H13NO3S. The van der Waals surface area contributed by atoms with Crippen molar-refractivity contribution in [3.63, 3.8) is 0 Å². The number of carbonyl (C=O) groups is 2. The minimum atomic E-state index is -0.406. The predicted octanol–water partition coefficient (Wildman–Crippen LogP) is 1.16. The molecule has 1 aliphatic heterocycles. The van der Waals surface area contributed by atoms with Crippen LogP contribution in [0.4, 0.5) is 0 Å². The maximum atomic E-state index is 11.9. The van der Waals surface area contributed by atoms with Gasteiger partial charge in [-0.1, -0.05) is 0 Å². The molecule has 0 unspecified atom stereocenters. The Kier molecular flexibility index (Phi) is 3.07. The van der Waals surface area contributed by atoms with Crippen LogP contribution in [0.2, 0.25) is 0 Å². The molecule has 2 heterocycles. The fraction of sp³-hybridized carbons (Fsp3) is 0.455. The van der Waals surface area contributed by atoms with E-state index in [2.05, 4.69) is 0 Å². The van der Waals surface area contributed by atoms with Crippen LogP contribution in [0, 0.1) is 0 Å². The molecular weight excluding hydrogens is 226 g/mol. The highest BCUT2D eigenvalue weighted by molar-refractivity contribution is 7.15. The number of hydrogen-bond donors (Lipinski definition) is 1. The molecule has 86 valence electrons. The number of thiophene rings is 1. The van der Waals surface area contributed by atoms with E-state index in [1.54, 1.807) is 17.0 Å². The second-order valence-electron chi connectivity index (χ2n) is 3.91. The van der Waals surface area contributed by atoms with E-state index in [1.165, 1.54) is 18.3 Å². The monoisotopic (exact) mass is 239 g/mol. The summed E-state index contributed by atoms with van der Waals surface area (Å²) in [5, 5.41) is 9.34. The third-order valence-corrected chi connectivity index (χ3v) is 3.79. The summed E-state index contributed by atoms with van der Waals surface area (Å²) in [5.74, 6) is -0.112. The van der Waals surface area contributed by atoms with Gasteiger partial charge in [0.1, 0.15) is 0 Å². The Morgan fingerprint density at radius 2 is 2.12 bits per heavy atom. The molecule has 0 bridgehead atoms. The number of aliphatic hydroxyl groups excluding tert-OH is 1. The summed E-state index contributed by atoms with van der Waals surface area (Å²) in [5.41, 5.74) is 0. The fourth-order valence-electron chi connectivity index (χ4n) is 1.72. The van der Waals surface area contributed by atoms with Gasteiger partial charge in [-0.25, -0.2) is 0 Å². The summed E-state index contributed by atoms with van der Waals surface area (Å²) in [4.78, 5) is 25.8. The third-order valence-electron chi connectivity index (χ3n) is 2.61. The summed E-state index contributed by atoms with van der Waals surface area (Å²) in [6, 6.07) is 3.35. The van der Waals surface area contributed by atoms with Crippen LogP contribution in [-0.4, -0.2) is 40.9 Å². The van der Waals surface area contributed by atoms with Gasteiger partial charge in [0, 0.05) is 13.1 Å². The first-order chi connectivity index (χ1) is 7.58. The maximum Gasteiger partial charge on any atom is 0.264 e. The number of likely N-dealkylation sites (tertiary alicyclic amines) is 1. The smallest absolute Gasteiger partial charge is 0.264 e. The Bertz CT molecular complexity index is 427. The van der Waals surface area contributed by atoms with Crippen molar-refractivity contribution in [1.82, 2.24) is 4.90 Å². The molecule has 2 rings (SSSR count). The van der Waals surface area contributed by atoms with Crippen molar-refractivity contribution in [3.05, 3.63) is 21.9 Å². The van der Waals surface area contributed by atoms with Crippen molar-refractivity contribution in [3.8, 4) is 0 Å². The van der Waals surface area contributed by atoms with Gasteiger partial charge in [0.15, 0.2) is 5.78 Å². The van der Waals surface area contributed by atoms with Gasteiger partial charge in [-0.2, -0.15) is 0 Å². The highest BCUT2D eigenvalue weighted by atomic mass is 32.1. The van der Waals surface area contributed by atoms with Crippen LogP contribution < -0.4 is 0 Å². The van der Waals surface area contributed by atoms with Crippen LogP contribution in [0.1, 0.15) is 32.7 Å². The average molecular weight is 239 g/mol. The zero-order valence-corrected chi connectivity index (χ0v) is 9.79. The van der Waals surface area contributed by atoms with Gasteiger partial charge in [-0.15, -0.1) is 11.3 Å². The number of carbonyl (C=O) groups excluding carboxylic acids is 2. The van der Waals surface area contributed by atoms with E-state index in [4.69, 9.17) is 0 Å². The minimum absolute atomic E-state index is 0.0227. The third kappa shape index (κ3) is 2.15. The van der Waals surface area contributed by atoms with Crippen molar-refractivity contribution >= 4 is 23.0 Å².